The van der Waals surface area contributed by atoms with Crippen molar-refractivity contribution in [2.45, 2.75) is 51.6 Å². The molecule has 1 aromatic heterocycles. The van der Waals surface area contributed by atoms with Gasteiger partial charge in [0.15, 0.2) is 0 Å². The predicted octanol–water partition coefficient (Wildman–Crippen LogP) is 4.45. The molecule has 0 saturated heterocycles. The van der Waals surface area contributed by atoms with Gasteiger partial charge in [-0.2, -0.15) is 0 Å². The number of thiophene rings is 1. The lowest BCUT2D eigenvalue weighted by atomic mass is 9.93. The van der Waals surface area contributed by atoms with E-state index in [9.17, 15) is 0 Å². The smallest absolute Gasteiger partial charge is 0.0704 e. The molecule has 2 rings (SSSR count). The first-order valence-corrected chi connectivity index (χ1v) is 9.26. The minimum atomic E-state index is 0.552. The molecule has 0 bridgehead atoms. The number of fused-ring (bicyclic) bond motifs is 1. The molecule has 2 atom stereocenters. The van der Waals surface area contributed by atoms with Crippen LogP contribution in [-0.4, -0.2) is 31.6 Å². The highest BCUT2D eigenvalue weighted by molar-refractivity contribution is 9.11. The monoisotopic (exact) mass is 358 g/mol. The van der Waals surface area contributed by atoms with Crippen molar-refractivity contribution in [2.24, 2.45) is 5.92 Å². The van der Waals surface area contributed by atoms with Crippen molar-refractivity contribution in [3.63, 3.8) is 0 Å². The van der Waals surface area contributed by atoms with Gasteiger partial charge < -0.3 is 10.2 Å². The van der Waals surface area contributed by atoms with Crippen molar-refractivity contribution in [1.82, 2.24) is 10.2 Å². The Labute approximate surface area is 136 Å². The van der Waals surface area contributed by atoms with Gasteiger partial charge in [-0.3, -0.25) is 0 Å². The summed E-state index contributed by atoms with van der Waals surface area (Å²) in [7, 11) is 4.39. The van der Waals surface area contributed by atoms with Gasteiger partial charge in [-0.1, -0.05) is 13.8 Å². The zero-order valence-corrected chi connectivity index (χ0v) is 15.5. The third-order valence-electron chi connectivity index (χ3n) is 4.16. The molecule has 1 aromatic rings. The average molecular weight is 359 g/mol. The van der Waals surface area contributed by atoms with Crippen LogP contribution >= 0.6 is 27.3 Å². The van der Waals surface area contributed by atoms with Crippen LogP contribution in [0, 0.1) is 5.92 Å². The van der Waals surface area contributed by atoms with Crippen LogP contribution in [0.25, 0.3) is 0 Å². The molecular weight excluding hydrogens is 332 g/mol. The zero-order valence-electron chi connectivity index (χ0n) is 13.1. The second-order valence-electron chi connectivity index (χ2n) is 6.53. The summed E-state index contributed by atoms with van der Waals surface area (Å²) in [5.74, 6) is 0.751. The van der Waals surface area contributed by atoms with E-state index in [2.05, 4.69) is 60.2 Å². The highest BCUT2D eigenvalue weighted by Gasteiger charge is 2.23. The van der Waals surface area contributed by atoms with Crippen molar-refractivity contribution in [1.29, 1.82) is 0 Å². The molecular formula is C16H27BrN2S. The lowest BCUT2D eigenvalue weighted by Crippen LogP contribution is -2.40. The molecule has 0 radical (unpaired) electrons. The summed E-state index contributed by atoms with van der Waals surface area (Å²) in [6.45, 7) is 5.71. The number of nitrogens with one attached hydrogen (secondary N) is 1. The van der Waals surface area contributed by atoms with Gasteiger partial charge in [0.25, 0.3) is 0 Å². The molecule has 0 saturated carbocycles. The average Bonchev–Trinajstić information content (AvgIpc) is 2.74. The third kappa shape index (κ3) is 4.30. The van der Waals surface area contributed by atoms with Gasteiger partial charge in [0.2, 0.25) is 0 Å². The van der Waals surface area contributed by atoms with Crippen molar-refractivity contribution in [2.75, 3.05) is 20.6 Å². The van der Waals surface area contributed by atoms with Crippen molar-refractivity contribution in [3.8, 4) is 0 Å². The Morgan fingerprint density at radius 3 is 2.85 bits per heavy atom. The normalized spacial score (nSPS) is 20.4. The zero-order chi connectivity index (χ0) is 14.7. The van der Waals surface area contributed by atoms with Crippen LogP contribution < -0.4 is 5.32 Å². The Kier molecular flexibility index (Phi) is 6.09. The number of halogens is 1. The Hall–Kier alpha value is 0.1000. The van der Waals surface area contributed by atoms with Crippen LogP contribution in [0.3, 0.4) is 0 Å². The predicted molar refractivity (Wildman–Crippen MR) is 92.6 cm³/mol. The maximum Gasteiger partial charge on any atom is 0.0704 e. The summed E-state index contributed by atoms with van der Waals surface area (Å²) in [5, 5.41) is 3.82. The molecule has 1 heterocycles. The first-order valence-electron chi connectivity index (χ1n) is 7.65. The number of hydrogen-bond donors (Lipinski definition) is 1. The molecule has 4 heteroatoms. The van der Waals surface area contributed by atoms with Crippen LogP contribution in [-0.2, 0) is 6.42 Å². The molecule has 0 spiro atoms. The molecule has 1 aliphatic carbocycles. The second-order valence-corrected chi connectivity index (χ2v) is 9.05. The minimum absolute atomic E-state index is 0.552. The molecule has 2 nitrogen and oxygen atoms in total. The molecule has 0 amide bonds. The third-order valence-corrected chi connectivity index (χ3v) is 5.87. The molecule has 20 heavy (non-hydrogen) atoms. The van der Waals surface area contributed by atoms with Crippen LogP contribution in [0.15, 0.2) is 9.85 Å². The quantitative estimate of drug-likeness (QED) is 0.807. The van der Waals surface area contributed by atoms with E-state index in [1.807, 2.05) is 11.3 Å². The summed E-state index contributed by atoms with van der Waals surface area (Å²) in [6, 6.07) is 3.50. The Bertz CT molecular complexity index is 428. The van der Waals surface area contributed by atoms with Gasteiger partial charge in [-0.05, 0) is 73.3 Å². The standard InChI is InChI=1S/C16H27BrN2S/c1-11(2)8-12(19(3)4)10-18-14-6-5-7-15-13(14)9-16(17)20-15/h9,11-12,14,18H,5-8,10H2,1-4H3. The van der Waals surface area contributed by atoms with E-state index in [0.29, 0.717) is 12.1 Å². The van der Waals surface area contributed by atoms with E-state index in [0.717, 1.165) is 12.5 Å². The fourth-order valence-corrected chi connectivity index (χ4v) is 4.85. The lowest BCUT2D eigenvalue weighted by Gasteiger charge is -2.30. The van der Waals surface area contributed by atoms with E-state index in [4.69, 9.17) is 0 Å². The van der Waals surface area contributed by atoms with Crippen LogP contribution in [0.4, 0.5) is 0 Å². The van der Waals surface area contributed by atoms with Gasteiger partial charge in [0, 0.05) is 23.5 Å². The van der Waals surface area contributed by atoms with Crippen molar-refractivity contribution >= 4 is 27.3 Å². The molecule has 0 fully saturated rings. The van der Waals surface area contributed by atoms with Crippen LogP contribution in [0.1, 0.15) is 49.6 Å². The second kappa shape index (κ2) is 7.39. The maximum atomic E-state index is 3.82. The first kappa shape index (κ1) is 16.5. The first-order chi connectivity index (χ1) is 9.47. The SMILES string of the molecule is CC(C)CC(CNC1CCCc2sc(Br)cc21)N(C)C. The highest BCUT2D eigenvalue weighted by atomic mass is 79.9. The summed E-state index contributed by atoms with van der Waals surface area (Å²) >= 11 is 5.55. The van der Waals surface area contributed by atoms with Crippen molar-refractivity contribution in [3.05, 3.63) is 20.3 Å². The highest BCUT2D eigenvalue weighted by Crippen LogP contribution is 2.37. The topological polar surface area (TPSA) is 15.3 Å². The van der Waals surface area contributed by atoms with E-state index in [1.165, 1.54) is 35.0 Å². The number of aryl methyl sites for hydroxylation is 1. The summed E-state index contributed by atoms with van der Waals surface area (Å²) in [4.78, 5) is 3.94. The number of nitrogens with zero attached hydrogens (tertiary/aromatic N) is 1. The van der Waals surface area contributed by atoms with Crippen LogP contribution in [0.2, 0.25) is 0 Å². The van der Waals surface area contributed by atoms with Gasteiger partial charge >= 0.3 is 0 Å². The fraction of sp³-hybridized carbons (Fsp3) is 0.750. The number of rotatable bonds is 6. The Morgan fingerprint density at radius 2 is 2.20 bits per heavy atom. The fourth-order valence-electron chi connectivity index (χ4n) is 3.03. The minimum Gasteiger partial charge on any atom is -0.308 e. The number of likely N-dealkylation sites (N-methyl/N-ethyl adjacent to an activating group) is 1. The van der Waals surface area contributed by atoms with E-state index >= 15 is 0 Å². The van der Waals surface area contributed by atoms with E-state index in [-0.39, 0.29) is 0 Å². The molecule has 1 aliphatic rings. The van der Waals surface area contributed by atoms with E-state index in [1.54, 1.807) is 4.88 Å². The molecule has 0 aromatic carbocycles. The van der Waals surface area contributed by atoms with E-state index < -0.39 is 0 Å². The lowest BCUT2D eigenvalue weighted by molar-refractivity contribution is 0.237. The van der Waals surface area contributed by atoms with Gasteiger partial charge in [0.05, 0.1) is 3.79 Å². The van der Waals surface area contributed by atoms with Gasteiger partial charge in [-0.25, -0.2) is 0 Å². The molecule has 2 unspecified atom stereocenters. The Morgan fingerprint density at radius 1 is 1.45 bits per heavy atom. The molecule has 1 N–H and O–H groups in total. The Balaban J connectivity index is 1.96. The summed E-state index contributed by atoms with van der Waals surface area (Å²) < 4.78 is 1.28. The number of hydrogen-bond acceptors (Lipinski definition) is 3. The van der Waals surface area contributed by atoms with Gasteiger partial charge in [-0.15, -0.1) is 11.3 Å². The maximum absolute atomic E-state index is 3.82. The molecule has 114 valence electrons. The summed E-state index contributed by atoms with van der Waals surface area (Å²) in [5.41, 5.74) is 1.54. The van der Waals surface area contributed by atoms with Gasteiger partial charge in [0.1, 0.15) is 0 Å². The largest absolute Gasteiger partial charge is 0.308 e. The van der Waals surface area contributed by atoms with Crippen LogP contribution in [0.5, 0.6) is 0 Å². The molecule has 0 aliphatic heterocycles. The summed E-state index contributed by atoms with van der Waals surface area (Å²) in [6.07, 6.45) is 5.10. The van der Waals surface area contributed by atoms with Crippen molar-refractivity contribution < 1.29 is 0 Å².